The van der Waals surface area contributed by atoms with Crippen molar-refractivity contribution in [2.24, 2.45) is 0 Å². The van der Waals surface area contributed by atoms with Gasteiger partial charge in [0.05, 0.1) is 19.8 Å². The summed E-state index contributed by atoms with van der Waals surface area (Å²) in [6.07, 6.45) is 1.99. The van der Waals surface area contributed by atoms with E-state index in [0.29, 0.717) is 0 Å². The normalized spacial score (nSPS) is 19.4. The second-order valence-corrected chi connectivity index (χ2v) is 4.79. The highest BCUT2D eigenvalue weighted by Gasteiger charge is 2.24. The minimum Gasteiger partial charge on any atom is -0.493 e. The van der Waals surface area contributed by atoms with Gasteiger partial charge in [-0.3, -0.25) is 0 Å². The molecule has 0 radical (unpaired) electrons. The third kappa shape index (κ3) is 2.41. The van der Waals surface area contributed by atoms with Crippen molar-refractivity contribution >= 4 is 11.6 Å². The first-order valence-electron chi connectivity index (χ1n) is 5.86. The SMILES string of the molecule is CONC1CCCOc2cc(C)c(Cl)c(C)c21. The molecule has 2 rings (SSSR count). The molecule has 4 heteroatoms. The molecule has 17 heavy (non-hydrogen) atoms. The first-order chi connectivity index (χ1) is 8.15. The van der Waals surface area contributed by atoms with Crippen LogP contribution in [0.25, 0.3) is 0 Å². The number of fused-ring (bicyclic) bond motifs is 1. The molecule has 0 aromatic heterocycles. The fourth-order valence-electron chi connectivity index (χ4n) is 2.36. The maximum atomic E-state index is 6.31. The van der Waals surface area contributed by atoms with Crippen molar-refractivity contribution in [1.29, 1.82) is 0 Å². The topological polar surface area (TPSA) is 30.5 Å². The van der Waals surface area contributed by atoms with Gasteiger partial charge < -0.3 is 9.57 Å². The summed E-state index contributed by atoms with van der Waals surface area (Å²) < 4.78 is 5.79. The Morgan fingerprint density at radius 1 is 1.47 bits per heavy atom. The Morgan fingerprint density at radius 3 is 2.94 bits per heavy atom. The van der Waals surface area contributed by atoms with Crippen molar-refractivity contribution < 1.29 is 9.57 Å². The van der Waals surface area contributed by atoms with Crippen LogP contribution in [0.15, 0.2) is 6.07 Å². The zero-order chi connectivity index (χ0) is 12.4. The standard InChI is InChI=1S/C13H18ClNO2/c1-8-7-11-12(9(2)13(8)14)10(15-16-3)5-4-6-17-11/h7,10,15H,4-6H2,1-3H3. The first kappa shape index (κ1) is 12.7. The van der Waals surface area contributed by atoms with Crippen LogP contribution in [0.3, 0.4) is 0 Å². The Morgan fingerprint density at radius 2 is 2.24 bits per heavy atom. The number of hydrogen-bond acceptors (Lipinski definition) is 3. The summed E-state index contributed by atoms with van der Waals surface area (Å²) in [4.78, 5) is 5.07. The third-order valence-electron chi connectivity index (χ3n) is 3.20. The van der Waals surface area contributed by atoms with E-state index in [1.54, 1.807) is 7.11 Å². The molecule has 0 saturated heterocycles. The van der Waals surface area contributed by atoms with Crippen molar-refractivity contribution in [3.63, 3.8) is 0 Å². The number of ether oxygens (including phenoxy) is 1. The molecule has 0 saturated carbocycles. The fourth-order valence-corrected chi connectivity index (χ4v) is 2.52. The summed E-state index contributed by atoms with van der Waals surface area (Å²) in [5.74, 6) is 0.927. The number of benzene rings is 1. The van der Waals surface area contributed by atoms with E-state index in [4.69, 9.17) is 21.2 Å². The van der Waals surface area contributed by atoms with Crippen LogP contribution < -0.4 is 10.2 Å². The van der Waals surface area contributed by atoms with Crippen LogP contribution in [0.5, 0.6) is 5.75 Å². The molecule has 1 aliphatic rings. The highest BCUT2D eigenvalue weighted by molar-refractivity contribution is 6.32. The summed E-state index contributed by atoms with van der Waals surface area (Å²) in [7, 11) is 1.64. The highest BCUT2D eigenvalue weighted by Crippen LogP contribution is 2.38. The largest absolute Gasteiger partial charge is 0.493 e. The number of halogens is 1. The van der Waals surface area contributed by atoms with E-state index in [1.807, 2.05) is 19.9 Å². The van der Waals surface area contributed by atoms with Crippen molar-refractivity contribution in [2.75, 3.05) is 13.7 Å². The molecule has 0 amide bonds. The van der Waals surface area contributed by atoms with Gasteiger partial charge in [-0.2, -0.15) is 5.48 Å². The highest BCUT2D eigenvalue weighted by atomic mass is 35.5. The van der Waals surface area contributed by atoms with E-state index in [-0.39, 0.29) is 6.04 Å². The smallest absolute Gasteiger partial charge is 0.124 e. The van der Waals surface area contributed by atoms with Crippen LogP contribution in [0, 0.1) is 13.8 Å². The van der Waals surface area contributed by atoms with Gasteiger partial charge in [-0.1, -0.05) is 11.6 Å². The number of nitrogens with one attached hydrogen (secondary N) is 1. The van der Waals surface area contributed by atoms with Gasteiger partial charge in [0.15, 0.2) is 0 Å². The molecule has 1 aromatic carbocycles. The molecule has 0 fully saturated rings. The third-order valence-corrected chi connectivity index (χ3v) is 3.78. The molecule has 1 aromatic rings. The minimum absolute atomic E-state index is 0.149. The van der Waals surface area contributed by atoms with E-state index in [0.717, 1.165) is 46.9 Å². The van der Waals surface area contributed by atoms with E-state index >= 15 is 0 Å². The van der Waals surface area contributed by atoms with Gasteiger partial charge >= 0.3 is 0 Å². The summed E-state index contributed by atoms with van der Waals surface area (Å²) in [5, 5.41) is 0.817. The molecule has 1 aliphatic heterocycles. The van der Waals surface area contributed by atoms with Crippen LogP contribution in [0.2, 0.25) is 5.02 Å². The van der Waals surface area contributed by atoms with Crippen LogP contribution in [-0.4, -0.2) is 13.7 Å². The van der Waals surface area contributed by atoms with Crippen molar-refractivity contribution in [1.82, 2.24) is 5.48 Å². The molecule has 1 heterocycles. The van der Waals surface area contributed by atoms with Crippen molar-refractivity contribution in [3.8, 4) is 5.75 Å². The average molecular weight is 256 g/mol. The molecule has 3 nitrogen and oxygen atoms in total. The minimum atomic E-state index is 0.149. The van der Waals surface area contributed by atoms with E-state index < -0.39 is 0 Å². The molecule has 0 spiro atoms. The number of hydroxylamine groups is 1. The Hall–Kier alpha value is -0.770. The van der Waals surface area contributed by atoms with E-state index in [1.165, 1.54) is 0 Å². The zero-order valence-electron chi connectivity index (χ0n) is 10.5. The Labute approximate surface area is 107 Å². The van der Waals surface area contributed by atoms with Crippen LogP contribution in [-0.2, 0) is 4.84 Å². The average Bonchev–Trinajstić information content (AvgIpc) is 2.49. The summed E-state index contributed by atoms with van der Waals surface area (Å²) >= 11 is 6.31. The van der Waals surface area contributed by atoms with Gasteiger partial charge in [0.25, 0.3) is 0 Å². The number of hydrogen-bond donors (Lipinski definition) is 1. The molecule has 0 bridgehead atoms. The fraction of sp³-hybridized carbons (Fsp3) is 0.538. The van der Waals surface area contributed by atoms with Crippen molar-refractivity contribution in [2.45, 2.75) is 32.7 Å². The summed E-state index contributed by atoms with van der Waals surface area (Å²) in [6, 6.07) is 2.16. The van der Waals surface area contributed by atoms with E-state index in [2.05, 4.69) is 5.48 Å². The Kier molecular flexibility index (Phi) is 3.92. The van der Waals surface area contributed by atoms with Crippen LogP contribution in [0.1, 0.15) is 35.6 Å². The number of rotatable bonds is 2. The molecule has 1 N–H and O–H groups in total. The van der Waals surface area contributed by atoms with Gasteiger partial charge in [-0.05, 0) is 43.9 Å². The lowest BCUT2D eigenvalue weighted by molar-refractivity contribution is 0.0578. The molecule has 1 unspecified atom stereocenters. The maximum Gasteiger partial charge on any atom is 0.124 e. The molecular weight excluding hydrogens is 238 g/mol. The van der Waals surface area contributed by atoms with Gasteiger partial charge in [-0.25, -0.2) is 0 Å². The molecular formula is C13H18ClNO2. The molecule has 0 aliphatic carbocycles. The maximum absolute atomic E-state index is 6.31. The lowest BCUT2D eigenvalue weighted by atomic mass is 9.96. The second-order valence-electron chi connectivity index (χ2n) is 4.41. The zero-order valence-corrected chi connectivity index (χ0v) is 11.2. The van der Waals surface area contributed by atoms with Crippen molar-refractivity contribution in [3.05, 3.63) is 27.8 Å². The monoisotopic (exact) mass is 255 g/mol. The predicted molar refractivity (Wildman–Crippen MR) is 68.5 cm³/mol. The van der Waals surface area contributed by atoms with Gasteiger partial charge in [0.1, 0.15) is 5.75 Å². The van der Waals surface area contributed by atoms with Gasteiger partial charge in [-0.15, -0.1) is 0 Å². The van der Waals surface area contributed by atoms with Gasteiger partial charge in [0, 0.05) is 10.6 Å². The second kappa shape index (κ2) is 5.25. The summed E-state index contributed by atoms with van der Waals surface area (Å²) in [6.45, 7) is 4.78. The lowest BCUT2D eigenvalue weighted by Crippen LogP contribution is -2.20. The molecule has 94 valence electrons. The quantitative estimate of drug-likeness (QED) is 0.823. The van der Waals surface area contributed by atoms with Crippen LogP contribution in [0.4, 0.5) is 0 Å². The predicted octanol–water partition coefficient (Wildman–Crippen LogP) is 3.32. The van der Waals surface area contributed by atoms with Gasteiger partial charge in [0.2, 0.25) is 0 Å². The Bertz CT molecular complexity index is 420. The first-order valence-corrected chi connectivity index (χ1v) is 6.24. The molecule has 1 atom stereocenters. The van der Waals surface area contributed by atoms with E-state index in [9.17, 15) is 0 Å². The number of aryl methyl sites for hydroxylation is 1. The summed E-state index contributed by atoms with van der Waals surface area (Å²) in [5.41, 5.74) is 6.29. The lowest BCUT2D eigenvalue weighted by Gasteiger charge is -2.21. The van der Waals surface area contributed by atoms with Crippen LogP contribution >= 0.6 is 11.6 Å². The Balaban J connectivity index is 2.51.